The summed E-state index contributed by atoms with van der Waals surface area (Å²) in [4.78, 5) is 24.6. The highest BCUT2D eigenvalue weighted by atomic mass is 16.6. The highest BCUT2D eigenvalue weighted by molar-refractivity contribution is 5.92. The molecule has 2 N–H and O–H groups in total. The topological polar surface area (TPSA) is 130 Å². The van der Waals surface area contributed by atoms with E-state index in [9.17, 15) is 14.9 Å². The minimum atomic E-state index is -0.856. The Morgan fingerprint density at radius 1 is 1.16 bits per heavy atom. The zero-order valence-corrected chi connectivity index (χ0v) is 18.9. The van der Waals surface area contributed by atoms with Gasteiger partial charge in [0.1, 0.15) is 17.4 Å². The molecule has 1 heterocycles. The maximum absolute atomic E-state index is 12.7. The molecule has 0 bridgehead atoms. The first-order valence-corrected chi connectivity index (χ1v) is 10.3. The fourth-order valence-electron chi connectivity index (χ4n) is 3.26. The van der Waals surface area contributed by atoms with Crippen LogP contribution in [0.4, 0.5) is 0 Å². The molecule has 32 heavy (non-hydrogen) atoms. The highest BCUT2D eigenvalue weighted by Gasteiger charge is 2.36. The predicted molar refractivity (Wildman–Crippen MR) is 114 cm³/mol. The van der Waals surface area contributed by atoms with Crippen molar-refractivity contribution in [2.75, 3.05) is 19.8 Å². The SMILES string of the molecule is CCOC(=O)C1=C(C)OC(N)=C(C#N)C1c1ccc(OC(C)C(=O)OCC)c(OCC)c1. The van der Waals surface area contributed by atoms with Crippen LogP contribution in [0.25, 0.3) is 0 Å². The molecule has 0 saturated carbocycles. The van der Waals surface area contributed by atoms with Crippen LogP contribution in [0.5, 0.6) is 11.5 Å². The van der Waals surface area contributed by atoms with Crippen LogP contribution in [0, 0.1) is 11.3 Å². The number of ether oxygens (including phenoxy) is 5. The van der Waals surface area contributed by atoms with E-state index in [1.54, 1.807) is 52.8 Å². The van der Waals surface area contributed by atoms with Crippen molar-refractivity contribution in [3.8, 4) is 17.6 Å². The normalized spacial score (nSPS) is 16.6. The number of hydrogen-bond donors (Lipinski definition) is 1. The van der Waals surface area contributed by atoms with E-state index >= 15 is 0 Å². The maximum Gasteiger partial charge on any atom is 0.347 e. The van der Waals surface area contributed by atoms with Gasteiger partial charge in [0.05, 0.1) is 31.3 Å². The van der Waals surface area contributed by atoms with Gasteiger partial charge in [-0.25, -0.2) is 9.59 Å². The zero-order valence-electron chi connectivity index (χ0n) is 18.9. The molecule has 2 atom stereocenters. The zero-order chi connectivity index (χ0) is 23.8. The molecule has 2 unspecified atom stereocenters. The molecule has 9 heteroatoms. The number of allylic oxidation sites excluding steroid dienone is 2. The van der Waals surface area contributed by atoms with Crippen molar-refractivity contribution in [1.82, 2.24) is 0 Å². The predicted octanol–water partition coefficient (Wildman–Crippen LogP) is 3.06. The molecule has 0 radical (unpaired) electrons. The van der Waals surface area contributed by atoms with Crippen molar-refractivity contribution in [2.45, 2.75) is 46.6 Å². The van der Waals surface area contributed by atoms with Gasteiger partial charge in [0, 0.05) is 0 Å². The monoisotopic (exact) mass is 444 g/mol. The molecule has 0 fully saturated rings. The molecule has 0 aliphatic carbocycles. The summed E-state index contributed by atoms with van der Waals surface area (Å²) in [7, 11) is 0. The van der Waals surface area contributed by atoms with Gasteiger partial charge in [-0.3, -0.25) is 0 Å². The van der Waals surface area contributed by atoms with E-state index in [1.165, 1.54) is 0 Å². The number of carbonyl (C=O) groups excluding carboxylic acids is 2. The molecule has 172 valence electrons. The minimum Gasteiger partial charge on any atom is -0.490 e. The lowest BCUT2D eigenvalue weighted by atomic mass is 9.83. The van der Waals surface area contributed by atoms with Gasteiger partial charge in [-0.2, -0.15) is 5.26 Å². The van der Waals surface area contributed by atoms with Crippen molar-refractivity contribution in [1.29, 1.82) is 5.26 Å². The van der Waals surface area contributed by atoms with Crippen LogP contribution in [0.3, 0.4) is 0 Å². The third kappa shape index (κ3) is 5.32. The smallest absolute Gasteiger partial charge is 0.347 e. The van der Waals surface area contributed by atoms with E-state index in [2.05, 4.69) is 0 Å². The number of benzene rings is 1. The molecule has 9 nitrogen and oxygen atoms in total. The molecule has 1 aromatic carbocycles. The molecule has 0 spiro atoms. The number of nitriles is 1. The second kappa shape index (κ2) is 11.1. The van der Waals surface area contributed by atoms with Crippen LogP contribution < -0.4 is 15.2 Å². The van der Waals surface area contributed by atoms with Gasteiger partial charge in [-0.15, -0.1) is 0 Å². The van der Waals surface area contributed by atoms with E-state index in [1.807, 2.05) is 6.07 Å². The van der Waals surface area contributed by atoms with Crippen LogP contribution in [-0.2, 0) is 23.8 Å². The fourth-order valence-corrected chi connectivity index (χ4v) is 3.26. The Bertz CT molecular complexity index is 975. The highest BCUT2D eigenvalue weighted by Crippen LogP contribution is 2.42. The summed E-state index contributed by atoms with van der Waals surface area (Å²) in [5.41, 5.74) is 6.74. The second-order valence-corrected chi connectivity index (χ2v) is 6.77. The largest absolute Gasteiger partial charge is 0.490 e. The van der Waals surface area contributed by atoms with Gasteiger partial charge in [0.2, 0.25) is 5.88 Å². The number of esters is 2. The lowest BCUT2D eigenvalue weighted by Gasteiger charge is -2.27. The Morgan fingerprint density at radius 2 is 1.84 bits per heavy atom. The van der Waals surface area contributed by atoms with Crippen molar-refractivity contribution in [2.24, 2.45) is 5.73 Å². The number of nitrogens with zero attached hydrogens (tertiary/aromatic N) is 1. The summed E-state index contributed by atoms with van der Waals surface area (Å²) in [5, 5.41) is 9.72. The Morgan fingerprint density at radius 3 is 2.44 bits per heavy atom. The second-order valence-electron chi connectivity index (χ2n) is 6.77. The summed E-state index contributed by atoms with van der Waals surface area (Å²) >= 11 is 0. The van der Waals surface area contributed by atoms with Gasteiger partial charge in [-0.1, -0.05) is 6.07 Å². The molecular weight excluding hydrogens is 416 g/mol. The van der Waals surface area contributed by atoms with E-state index in [-0.39, 0.29) is 36.0 Å². The number of nitrogens with two attached hydrogens (primary N) is 1. The Labute approximate surface area is 187 Å². The third-order valence-corrected chi connectivity index (χ3v) is 4.62. The first-order valence-electron chi connectivity index (χ1n) is 10.3. The Hall–Kier alpha value is -3.67. The third-order valence-electron chi connectivity index (χ3n) is 4.62. The minimum absolute atomic E-state index is 0.0784. The van der Waals surface area contributed by atoms with Crippen LogP contribution in [-0.4, -0.2) is 37.9 Å². The molecule has 0 saturated heterocycles. The summed E-state index contributed by atoms with van der Waals surface area (Å²) < 4.78 is 27.0. The molecule has 1 aliphatic rings. The summed E-state index contributed by atoms with van der Waals surface area (Å²) in [6, 6.07) is 6.95. The molecule has 0 amide bonds. The quantitative estimate of drug-likeness (QED) is 0.571. The van der Waals surface area contributed by atoms with Crippen molar-refractivity contribution in [3.63, 3.8) is 0 Å². The first kappa shape index (κ1) is 24.6. The molecule has 0 aromatic heterocycles. The van der Waals surface area contributed by atoms with Crippen molar-refractivity contribution < 1.29 is 33.3 Å². The van der Waals surface area contributed by atoms with Gasteiger partial charge in [0.25, 0.3) is 0 Å². The lowest BCUT2D eigenvalue weighted by molar-refractivity contribution is -0.150. The fraction of sp³-hybridized carbons (Fsp3) is 0.435. The number of carbonyl (C=O) groups is 2. The number of hydrogen-bond acceptors (Lipinski definition) is 9. The van der Waals surface area contributed by atoms with Gasteiger partial charge >= 0.3 is 11.9 Å². The van der Waals surface area contributed by atoms with Crippen LogP contribution in [0.15, 0.2) is 41.0 Å². The van der Waals surface area contributed by atoms with Gasteiger partial charge in [-0.05, 0) is 52.3 Å². The van der Waals surface area contributed by atoms with Crippen molar-refractivity contribution >= 4 is 11.9 Å². The van der Waals surface area contributed by atoms with E-state index in [0.717, 1.165) is 0 Å². The van der Waals surface area contributed by atoms with Crippen molar-refractivity contribution in [3.05, 3.63) is 46.6 Å². The van der Waals surface area contributed by atoms with Crippen LogP contribution >= 0.6 is 0 Å². The Balaban J connectivity index is 2.54. The van der Waals surface area contributed by atoms with Crippen LogP contribution in [0.2, 0.25) is 0 Å². The molecular formula is C23H28N2O7. The standard InChI is InChI=1S/C23H28N2O7/c1-6-28-18-11-15(9-10-17(18)31-14(5)22(26)29-7-2)20-16(12-24)21(25)32-13(4)19(20)23(27)30-8-3/h9-11,14,20H,6-8,25H2,1-5H3. The Kier molecular flexibility index (Phi) is 8.53. The molecule has 2 rings (SSSR count). The van der Waals surface area contributed by atoms with E-state index in [0.29, 0.717) is 23.7 Å². The van der Waals surface area contributed by atoms with Gasteiger partial charge in [0.15, 0.2) is 17.6 Å². The van der Waals surface area contributed by atoms with Crippen LogP contribution in [0.1, 0.15) is 46.1 Å². The summed E-state index contributed by atoms with van der Waals surface area (Å²) in [6.07, 6.45) is -0.856. The average molecular weight is 444 g/mol. The summed E-state index contributed by atoms with van der Waals surface area (Å²) in [5.74, 6) is -1.11. The molecule has 1 aromatic rings. The first-order chi connectivity index (χ1) is 15.3. The molecule has 1 aliphatic heterocycles. The maximum atomic E-state index is 12.7. The number of rotatable bonds is 9. The lowest BCUT2D eigenvalue weighted by Crippen LogP contribution is -2.27. The van der Waals surface area contributed by atoms with E-state index in [4.69, 9.17) is 29.4 Å². The van der Waals surface area contributed by atoms with E-state index < -0.39 is 24.0 Å². The average Bonchev–Trinajstić information content (AvgIpc) is 2.74. The van der Waals surface area contributed by atoms with Gasteiger partial charge < -0.3 is 29.4 Å². The summed E-state index contributed by atoms with van der Waals surface area (Å²) in [6.45, 7) is 9.07.